The molecule has 0 heterocycles. The van der Waals surface area contributed by atoms with Crippen molar-refractivity contribution in [3.8, 4) is 0 Å². The zero-order chi connectivity index (χ0) is 12.1. The molecule has 2 aromatic carbocycles. The maximum absolute atomic E-state index is 11.9. The molecule has 2 rings (SSSR count). The van der Waals surface area contributed by atoms with Crippen LogP contribution in [0.1, 0.15) is 5.56 Å². The van der Waals surface area contributed by atoms with Crippen molar-refractivity contribution in [3.63, 3.8) is 0 Å². The zero-order valence-electron chi connectivity index (χ0n) is 9.41. The number of amides is 1. The number of rotatable bonds is 3. The lowest BCUT2D eigenvalue weighted by Gasteiger charge is -2.16. The van der Waals surface area contributed by atoms with Crippen LogP contribution >= 0.6 is 0 Å². The highest BCUT2D eigenvalue weighted by Gasteiger charge is 2.11. The molecular weight excluding hydrogens is 212 g/mol. The average Bonchev–Trinajstić information content (AvgIpc) is 2.40. The van der Waals surface area contributed by atoms with E-state index in [9.17, 15) is 4.79 Å². The number of para-hydroxylation sites is 1. The monoisotopic (exact) mass is 226 g/mol. The number of carbonyl (C=O) groups excluding carboxylic acids is 1. The third kappa shape index (κ3) is 2.92. The molecule has 0 fully saturated rings. The number of anilines is 1. The minimum absolute atomic E-state index is 0.123. The smallest absolute Gasteiger partial charge is 0.245 e. The van der Waals surface area contributed by atoms with E-state index in [-0.39, 0.29) is 5.91 Å². The molecule has 0 saturated carbocycles. The summed E-state index contributed by atoms with van der Waals surface area (Å²) in [6.07, 6.45) is 0.312. The molecule has 3 nitrogen and oxygen atoms in total. The van der Waals surface area contributed by atoms with Crippen LogP contribution in [0.4, 0.5) is 5.69 Å². The summed E-state index contributed by atoms with van der Waals surface area (Å²) in [6, 6.07) is 18.8. The molecule has 0 atom stereocenters. The highest BCUT2D eigenvalue weighted by atomic mass is 16.2. The Balaban J connectivity index is 2.06. The molecule has 0 aromatic heterocycles. The van der Waals surface area contributed by atoms with Gasteiger partial charge in [-0.05, 0) is 17.7 Å². The molecule has 86 valence electrons. The average molecular weight is 226 g/mol. The van der Waals surface area contributed by atoms with Crippen molar-refractivity contribution in [1.29, 1.82) is 0 Å². The summed E-state index contributed by atoms with van der Waals surface area (Å²) in [5.41, 5.74) is 1.66. The van der Waals surface area contributed by atoms with Crippen molar-refractivity contribution in [2.24, 2.45) is 5.84 Å². The Kier molecular flexibility index (Phi) is 3.52. The van der Waals surface area contributed by atoms with Gasteiger partial charge in [-0.2, -0.15) is 0 Å². The van der Waals surface area contributed by atoms with Crippen LogP contribution in [0, 0.1) is 0 Å². The van der Waals surface area contributed by atoms with Crippen molar-refractivity contribution >= 4 is 11.6 Å². The molecule has 0 unspecified atom stereocenters. The van der Waals surface area contributed by atoms with Gasteiger partial charge in [0.15, 0.2) is 0 Å². The fraction of sp³-hybridized carbons (Fsp3) is 0.0714. The van der Waals surface area contributed by atoms with E-state index >= 15 is 0 Å². The summed E-state index contributed by atoms with van der Waals surface area (Å²) in [4.78, 5) is 11.9. The van der Waals surface area contributed by atoms with E-state index in [1.165, 1.54) is 5.01 Å². The number of nitrogens with two attached hydrogens (primary N) is 1. The van der Waals surface area contributed by atoms with Crippen LogP contribution in [0.3, 0.4) is 0 Å². The Bertz CT molecular complexity index is 482. The Morgan fingerprint density at radius 3 is 2.06 bits per heavy atom. The Morgan fingerprint density at radius 1 is 0.941 bits per heavy atom. The lowest BCUT2D eigenvalue weighted by Crippen LogP contribution is -2.38. The third-order valence-electron chi connectivity index (χ3n) is 2.50. The van der Waals surface area contributed by atoms with Gasteiger partial charge in [-0.3, -0.25) is 4.79 Å². The van der Waals surface area contributed by atoms with Crippen LogP contribution in [0.15, 0.2) is 60.7 Å². The molecule has 0 aliphatic carbocycles. The van der Waals surface area contributed by atoms with Crippen molar-refractivity contribution in [2.45, 2.75) is 6.42 Å². The molecule has 0 aliphatic heterocycles. The van der Waals surface area contributed by atoms with E-state index in [0.717, 1.165) is 5.56 Å². The quantitative estimate of drug-likeness (QED) is 0.495. The maximum atomic E-state index is 11.9. The second-order valence-electron chi connectivity index (χ2n) is 3.76. The van der Waals surface area contributed by atoms with Gasteiger partial charge in [-0.1, -0.05) is 48.5 Å². The second kappa shape index (κ2) is 5.27. The summed E-state index contributed by atoms with van der Waals surface area (Å²) >= 11 is 0. The lowest BCUT2D eigenvalue weighted by atomic mass is 10.1. The molecule has 0 aliphatic rings. The Hall–Kier alpha value is -2.13. The summed E-state index contributed by atoms with van der Waals surface area (Å²) in [5.74, 6) is 5.65. The second-order valence-corrected chi connectivity index (χ2v) is 3.76. The van der Waals surface area contributed by atoms with Crippen molar-refractivity contribution in [2.75, 3.05) is 5.01 Å². The molecular formula is C14H14N2O. The molecule has 1 amide bonds. The largest absolute Gasteiger partial charge is 0.273 e. The minimum atomic E-state index is -0.123. The predicted octanol–water partition coefficient (Wildman–Crippen LogP) is 2.14. The normalized spacial score (nSPS) is 9.94. The van der Waals surface area contributed by atoms with Crippen LogP contribution in [-0.2, 0) is 11.2 Å². The number of nitrogens with zero attached hydrogens (tertiary/aromatic N) is 1. The standard InChI is InChI=1S/C14H14N2O/c15-16(13-9-5-2-6-10-13)14(17)11-12-7-3-1-4-8-12/h1-10H,11,15H2. The van der Waals surface area contributed by atoms with E-state index in [4.69, 9.17) is 5.84 Å². The predicted molar refractivity (Wildman–Crippen MR) is 68.3 cm³/mol. The Morgan fingerprint density at radius 2 is 1.47 bits per heavy atom. The van der Waals surface area contributed by atoms with Gasteiger partial charge in [0.25, 0.3) is 0 Å². The molecule has 0 spiro atoms. The zero-order valence-corrected chi connectivity index (χ0v) is 9.41. The van der Waals surface area contributed by atoms with Gasteiger partial charge < -0.3 is 0 Å². The van der Waals surface area contributed by atoms with E-state index in [2.05, 4.69) is 0 Å². The van der Waals surface area contributed by atoms with Crippen LogP contribution in [0.5, 0.6) is 0 Å². The SMILES string of the molecule is NN(C(=O)Cc1ccccc1)c1ccccc1. The molecule has 17 heavy (non-hydrogen) atoms. The Labute approximate surface area is 100 Å². The van der Waals surface area contributed by atoms with E-state index in [1.807, 2.05) is 60.7 Å². The van der Waals surface area contributed by atoms with Gasteiger partial charge in [0.1, 0.15) is 0 Å². The fourth-order valence-corrected chi connectivity index (χ4v) is 1.59. The number of hydrazine groups is 1. The number of hydrogen-bond donors (Lipinski definition) is 1. The minimum Gasteiger partial charge on any atom is -0.273 e. The van der Waals surface area contributed by atoms with Crippen molar-refractivity contribution in [3.05, 3.63) is 66.2 Å². The summed E-state index contributed by atoms with van der Waals surface area (Å²) in [7, 11) is 0. The van der Waals surface area contributed by atoms with Gasteiger partial charge >= 0.3 is 0 Å². The first-order valence-corrected chi connectivity index (χ1v) is 5.44. The first kappa shape index (κ1) is 11.4. The first-order chi connectivity index (χ1) is 8.27. The van der Waals surface area contributed by atoms with Crippen LogP contribution in [0.2, 0.25) is 0 Å². The number of benzene rings is 2. The van der Waals surface area contributed by atoms with Crippen molar-refractivity contribution < 1.29 is 4.79 Å². The van der Waals surface area contributed by atoms with Crippen LogP contribution < -0.4 is 10.9 Å². The molecule has 0 saturated heterocycles. The topological polar surface area (TPSA) is 46.3 Å². The summed E-state index contributed by atoms with van der Waals surface area (Å²) in [6.45, 7) is 0. The summed E-state index contributed by atoms with van der Waals surface area (Å²) in [5, 5.41) is 1.19. The highest BCUT2D eigenvalue weighted by Crippen LogP contribution is 2.11. The lowest BCUT2D eigenvalue weighted by molar-refractivity contribution is -0.118. The van der Waals surface area contributed by atoms with Gasteiger partial charge in [-0.25, -0.2) is 10.9 Å². The summed E-state index contributed by atoms with van der Waals surface area (Å²) < 4.78 is 0. The van der Waals surface area contributed by atoms with E-state index in [1.54, 1.807) is 0 Å². The van der Waals surface area contributed by atoms with E-state index in [0.29, 0.717) is 12.1 Å². The number of hydrogen-bond acceptors (Lipinski definition) is 2. The first-order valence-electron chi connectivity index (χ1n) is 5.44. The van der Waals surface area contributed by atoms with E-state index < -0.39 is 0 Å². The molecule has 2 N–H and O–H groups in total. The maximum Gasteiger partial charge on any atom is 0.245 e. The van der Waals surface area contributed by atoms with Gasteiger partial charge in [0.2, 0.25) is 5.91 Å². The van der Waals surface area contributed by atoms with Gasteiger partial charge in [0, 0.05) is 0 Å². The molecule has 0 bridgehead atoms. The van der Waals surface area contributed by atoms with Crippen molar-refractivity contribution in [1.82, 2.24) is 0 Å². The van der Waals surface area contributed by atoms with Crippen LogP contribution in [-0.4, -0.2) is 5.91 Å². The molecule has 2 aromatic rings. The fourth-order valence-electron chi connectivity index (χ4n) is 1.59. The van der Waals surface area contributed by atoms with Gasteiger partial charge in [0.05, 0.1) is 12.1 Å². The molecule has 0 radical (unpaired) electrons. The third-order valence-corrected chi connectivity index (χ3v) is 2.50. The highest BCUT2D eigenvalue weighted by molar-refractivity contribution is 5.93. The molecule has 3 heteroatoms. The number of carbonyl (C=O) groups is 1. The van der Waals surface area contributed by atoms with Gasteiger partial charge in [-0.15, -0.1) is 0 Å². The van der Waals surface area contributed by atoms with Crippen LogP contribution in [0.25, 0.3) is 0 Å².